The van der Waals surface area contributed by atoms with Crippen molar-refractivity contribution in [2.75, 3.05) is 26.2 Å². The summed E-state index contributed by atoms with van der Waals surface area (Å²) in [4.78, 5) is 0. The molecule has 0 amide bonds. The summed E-state index contributed by atoms with van der Waals surface area (Å²) < 4.78 is 6.71. The number of benzene rings is 1. The average molecular weight is 270 g/mol. The molecule has 0 atom stereocenters. The summed E-state index contributed by atoms with van der Waals surface area (Å²) in [6.07, 6.45) is 0. The number of hydrogen-bond acceptors (Lipinski definition) is 2. The molecule has 1 aromatic carbocycles. The molecule has 19 heavy (non-hydrogen) atoms. The predicted octanol–water partition coefficient (Wildman–Crippen LogP) is 2.15. The topological polar surface area (TPSA) is 6.48 Å². The van der Waals surface area contributed by atoms with Crippen molar-refractivity contribution >= 4 is 31.3 Å². The first kappa shape index (κ1) is 17.0. The summed E-state index contributed by atoms with van der Waals surface area (Å²) in [5.74, 6) is 0. The zero-order valence-electron chi connectivity index (χ0n) is 13.3. The van der Waals surface area contributed by atoms with Crippen LogP contribution in [0.3, 0.4) is 0 Å². The van der Waals surface area contributed by atoms with Crippen molar-refractivity contribution in [2.45, 2.75) is 32.4 Å². The van der Waals surface area contributed by atoms with Crippen LogP contribution in [0, 0.1) is 0 Å². The van der Waals surface area contributed by atoms with Crippen LogP contribution in [0.1, 0.15) is 27.7 Å². The molecule has 1 aromatic rings. The first-order valence-electron chi connectivity index (χ1n) is 7.76. The second-order valence-electron chi connectivity index (χ2n) is 4.88. The first-order chi connectivity index (χ1) is 9.20. The van der Waals surface area contributed by atoms with Crippen LogP contribution in [0.2, 0.25) is 4.72 Å². The van der Waals surface area contributed by atoms with Gasteiger partial charge in [0.15, 0.2) is 0 Å². The third-order valence-electron chi connectivity index (χ3n) is 4.30. The number of rotatable bonds is 8. The van der Waals surface area contributed by atoms with E-state index in [2.05, 4.69) is 84.9 Å². The molecule has 0 bridgehead atoms. The molecule has 0 spiro atoms. The molecule has 0 aliphatic heterocycles. The van der Waals surface area contributed by atoms with Gasteiger partial charge in [-0.05, 0) is 0 Å². The van der Waals surface area contributed by atoms with E-state index in [-0.39, 0.29) is 0 Å². The van der Waals surface area contributed by atoms with Crippen LogP contribution in [0.25, 0.3) is 0 Å². The predicted molar refractivity (Wildman–Crippen MR) is 88.2 cm³/mol. The molecule has 0 aromatic heterocycles. The normalized spacial score (nSPS) is 12.4. The zero-order valence-corrected chi connectivity index (χ0v) is 14.3. The fraction of sp³-hybridized carbons (Fsp3) is 0.600. The second kappa shape index (κ2) is 8.29. The van der Waals surface area contributed by atoms with E-state index in [0.717, 1.165) is 26.2 Å². The van der Waals surface area contributed by atoms with Crippen LogP contribution < -0.4 is 5.19 Å². The SMILES string of the molecule is [Li][CH2][Si](c1ccccc1)(N(CC)CC)N(CC)CC. The zero-order chi connectivity index (χ0) is 14.3. The molecular weight excluding hydrogens is 243 g/mol. The molecule has 1 rings (SSSR count). The molecule has 0 fully saturated rings. The minimum absolute atomic E-state index is 1.14. The molecule has 0 aliphatic carbocycles. The summed E-state index contributed by atoms with van der Waals surface area (Å²) in [7, 11) is -1.74. The van der Waals surface area contributed by atoms with Crippen molar-refractivity contribution in [3.05, 3.63) is 30.3 Å². The third kappa shape index (κ3) is 3.35. The van der Waals surface area contributed by atoms with Crippen LogP contribution in [0.15, 0.2) is 30.3 Å². The molecule has 2 nitrogen and oxygen atoms in total. The van der Waals surface area contributed by atoms with Crippen molar-refractivity contribution in [2.24, 2.45) is 0 Å². The van der Waals surface area contributed by atoms with Gasteiger partial charge < -0.3 is 0 Å². The summed E-state index contributed by atoms with van der Waals surface area (Å²) in [6.45, 7) is 13.8. The Bertz CT molecular complexity index is 338. The van der Waals surface area contributed by atoms with Crippen LogP contribution >= 0.6 is 0 Å². The van der Waals surface area contributed by atoms with Gasteiger partial charge in [0.05, 0.1) is 0 Å². The summed E-state index contributed by atoms with van der Waals surface area (Å²) in [6, 6.07) is 11.2. The molecular formula is C15H27LiN2Si. The molecule has 0 aliphatic rings. The van der Waals surface area contributed by atoms with Crippen molar-refractivity contribution in [1.29, 1.82) is 0 Å². The van der Waals surface area contributed by atoms with Gasteiger partial charge >= 0.3 is 129 Å². The van der Waals surface area contributed by atoms with E-state index in [4.69, 9.17) is 0 Å². The van der Waals surface area contributed by atoms with E-state index in [9.17, 15) is 0 Å². The maximum absolute atomic E-state index is 2.73. The number of hydrogen-bond donors (Lipinski definition) is 0. The summed E-state index contributed by atoms with van der Waals surface area (Å²) in [5, 5.41) is 1.56. The van der Waals surface area contributed by atoms with Crippen molar-refractivity contribution in [3.8, 4) is 0 Å². The molecule has 0 unspecified atom stereocenters. The maximum atomic E-state index is 2.73. The summed E-state index contributed by atoms with van der Waals surface area (Å²) in [5.41, 5.74) is 0. The number of nitrogens with zero attached hydrogens (tertiary/aromatic N) is 2. The molecule has 0 radical (unpaired) electrons. The van der Waals surface area contributed by atoms with E-state index in [1.807, 2.05) is 0 Å². The molecule has 0 saturated heterocycles. The van der Waals surface area contributed by atoms with Gasteiger partial charge in [-0.15, -0.1) is 0 Å². The fourth-order valence-electron chi connectivity index (χ4n) is 3.42. The molecule has 102 valence electrons. The van der Waals surface area contributed by atoms with E-state index in [1.54, 1.807) is 5.19 Å². The Kier molecular flexibility index (Phi) is 7.42. The van der Waals surface area contributed by atoms with Crippen molar-refractivity contribution < 1.29 is 0 Å². The molecule has 0 N–H and O–H groups in total. The van der Waals surface area contributed by atoms with Gasteiger partial charge in [-0.2, -0.15) is 0 Å². The van der Waals surface area contributed by atoms with Gasteiger partial charge in [0.1, 0.15) is 0 Å². The second-order valence-corrected chi connectivity index (χ2v) is 9.06. The minimum atomic E-state index is -1.74. The van der Waals surface area contributed by atoms with E-state index < -0.39 is 8.40 Å². The van der Waals surface area contributed by atoms with Crippen LogP contribution in [-0.2, 0) is 0 Å². The Morgan fingerprint density at radius 3 is 1.58 bits per heavy atom. The van der Waals surface area contributed by atoms with E-state index in [0.29, 0.717) is 0 Å². The Morgan fingerprint density at radius 2 is 1.26 bits per heavy atom. The Hall–Kier alpha value is -0.0457. The molecule has 0 saturated carbocycles. The van der Waals surface area contributed by atoms with Gasteiger partial charge in [-0.3, -0.25) is 0 Å². The quantitative estimate of drug-likeness (QED) is 0.668. The fourth-order valence-corrected chi connectivity index (χ4v) is 8.67. The van der Waals surface area contributed by atoms with Gasteiger partial charge in [0, 0.05) is 0 Å². The molecule has 0 heterocycles. The van der Waals surface area contributed by atoms with Crippen molar-refractivity contribution in [3.63, 3.8) is 0 Å². The Morgan fingerprint density at radius 1 is 0.842 bits per heavy atom. The van der Waals surface area contributed by atoms with Gasteiger partial charge in [-0.1, -0.05) is 0 Å². The first-order valence-corrected chi connectivity index (χ1v) is 9.86. The van der Waals surface area contributed by atoms with Crippen LogP contribution in [0.5, 0.6) is 0 Å². The van der Waals surface area contributed by atoms with Gasteiger partial charge in [0.25, 0.3) is 0 Å². The van der Waals surface area contributed by atoms with Crippen LogP contribution in [0.4, 0.5) is 0 Å². The third-order valence-corrected chi connectivity index (χ3v) is 9.90. The van der Waals surface area contributed by atoms with Gasteiger partial charge in [0.2, 0.25) is 0 Å². The van der Waals surface area contributed by atoms with E-state index in [1.165, 1.54) is 4.72 Å². The standard InChI is InChI=1S/C15H27N2Si.Li/c1-6-16(7-2)18(5,17(8-3)9-4)15-13-11-10-12-14-15;/h10-14H,5-9H2,1-4H3;. The molecule has 4 heteroatoms. The average Bonchev–Trinajstić information content (AvgIpc) is 2.48. The Labute approximate surface area is 129 Å². The van der Waals surface area contributed by atoms with Crippen LogP contribution in [-0.4, -0.2) is 61.4 Å². The summed E-state index contributed by atoms with van der Waals surface area (Å²) >= 11 is 2.37. The Balaban J connectivity index is 3.36. The van der Waals surface area contributed by atoms with Crippen molar-refractivity contribution in [1.82, 2.24) is 9.13 Å². The van der Waals surface area contributed by atoms with E-state index >= 15 is 0 Å². The van der Waals surface area contributed by atoms with Gasteiger partial charge in [-0.25, -0.2) is 0 Å². The monoisotopic (exact) mass is 270 g/mol.